The predicted octanol–water partition coefficient (Wildman–Crippen LogP) is 4.92. The number of amides is 3. The molecule has 0 aliphatic rings. The maximum atomic E-state index is 13.8. The van der Waals surface area contributed by atoms with Crippen LogP contribution >= 0.6 is 0 Å². The first kappa shape index (κ1) is 30.3. The zero-order valence-corrected chi connectivity index (χ0v) is 22.7. The molecule has 1 aromatic rings. The van der Waals surface area contributed by atoms with E-state index in [9.17, 15) is 19.5 Å². The van der Waals surface area contributed by atoms with Crippen molar-refractivity contribution in [3.8, 4) is 5.75 Å². The third kappa shape index (κ3) is 10.2. The summed E-state index contributed by atoms with van der Waals surface area (Å²) >= 11 is 0. The van der Waals surface area contributed by atoms with Crippen molar-refractivity contribution in [3.05, 3.63) is 29.8 Å². The van der Waals surface area contributed by atoms with Crippen LogP contribution in [0.4, 0.5) is 4.79 Å². The number of hydrogen-bond acceptors (Lipinski definition) is 5. The molecule has 0 aliphatic carbocycles. The molecule has 0 fully saturated rings. The largest absolute Gasteiger partial charge is 0.508 e. The molecule has 8 heteroatoms. The Hall–Kier alpha value is -2.77. The van der Waals surface area contributed by atoms with Crippen LogP contribution in [-0.4, -0.2) is 52.1 Å². The van der Waals surface area contributed by atoms with E-state index in [-0.39, 0.29) is 17.7 Å². The topological polar surface area (TPSA) is 108 Å². The lowest BCUT2D eigenvalue weighted by Gasteiger charge is -2.38. The first-order valence-electron chi connectivity index (χ1n) is 12.7. The summed E-state index contributed by atoms with van der Waals surface area (Å²) in [5.41, 5.74) is -0.370. The fraction of sp³-hybridized carbons (Fsp3) is 0.667. The summed E-state index contributed by atoms with van der Waals surface area (Å²) < 4.78 is 5.31. The number of nitrogens with zero attached hydrogens (tertiary/aromatic N) is 1. The first-order chi connectivity index (χ1) is 16.3. The Bertz CT molecular complexity index is 834. The summed E-state index contributed by atoms with van der Waals surface area (Å²) in [5.74, 6) is -0.446. The molecule has 0 aliphatic heterocycles. The number of ether oxygens (including phenoxy) is 1. The Kier molecular flexibility index (Phi) is 12.1. The Morgan fingerprint density at radius 3 is 2.23 bits per heavy atom. The number of phenolic OH excluding ortho intramolecular Hbond substituents is 1. The van der Waals surface area contributed by atoms with Crippen LogP contribution in [0, 0.1) is 5.92 Å². The zero-order chi connectivity index (χ0) is 26.8. The van der Waals surface area contributed by atoms with E-state index in [1.165, 1.54) is 11.0 Å². The Labute approximate surface area is 210 Å². The number of aromatic hydroxyl groups is 1. The van der Waals surface area contributed by atoms with Gasteiger partial charge in [0.15, 0.2) is 0 Å². The SMILES string of the molecule is CCCCNC(=O)C(c1ccccc1O)N(C(=O)C(C)NC(=O)OC(C)(C)C)C(C)CCC(C)C. The van der Waals surface area contributed by atoms with Crippen LogP contribution in [0.5, 0.6) is 5.75 Å². The zero-order valence-electron chi connectivity index (χ0n) is 22.7. The van der Waals surface area contributed by atoms with Crippen molar-refractivity contribution in [2.24, 2.45) is 5.92 Å². The number of para-hydroxylation sites is 1. The van der Waals surface area contributed by atoms with Crippen molar-refractivity contribution in [2.45, 2.75) is 105 Å². The highest BCUT2D eigenvalue weighted by Gasteiger charge is 2.38. The van der Waals surface area contributed by atoms with E-state index in [1.54, 1.807) is 45.9 Å². The van der Waals surface area contributed by atoms with Crippen LogP contribution in [0.25, 0.3) is 0 Å². The molecule has 0 heterocycles. The summed E-state index contributed by atoms with van der Waals surface area (Å²) in [6, 6.07) is 4.24. The van der Waals surface area contributed by atoms with Gasteiger partial charge in [0, 0.05) is 18.2 Å². The highest BCUT2D eigenvalue weighted by atomic mass is 16.6. The minimum absolute atomic E-state index is 0.0650. The monoisotopic (exact) mass is 491 g/mol. The minimum atomic E-state index is -1.05. The van der Waals surface area contributed by atoms with Crippen LogP contribution in [0.15, 0.2) is 24.3 Å². The summed E-state index contributed by atoms with van der Waals surface area (Å²) in [5, 5.41) is 16.2. The standard InChI is InChI=1S/C27H45N3O5/c1-9-10-17-28-24(32)23(21-13-11-12-14-22(21)31)30(19(4)16-15-18(2)3)25(33)20(5)29-26(34)35-27(6,7)8/h11-14,18-20,23,31H,9-10,15-17H2,1-8H3,(H,28,32)(H,29,34). The van der Waals surface area contributed by atoms with Gasteiger partial charge in [-0.2, -0.15) is 0 Å². The van der Waals surface area contributed by atoms with E-state index in [2.05, 4.69) is 24.5 Å². The molecular weight excluding hydrogens is 446 g/mol. The van der Waals surface area contributed by atoms with Crippen LogP contribution in [0.2, 0.25) is 0 Å². The van der Waals surface area contributed by atoms with Crippen molar-refractivity contribution >= 4 is 17.9 Å². The number of benzene rings is 1. The number of alkyl carbamates (subject to hydrolysis) is 1. The number of phenols is 1. The Morgan fingerprint density at radius 2 is 1.69 bits per heavy atom. The molecule has 0 saturated heterocycles. The average Bonchev–Trinajstić information content (AvgIpc) is 2.74. The second-order valence-corrected chi connectivity index (χ2v) is 10.5. The highest BCUT2D eigenvalue weighted by Crippen LogP contribution is 2.32. The van der Waals surface area contributed by atoms with Crippen molar-refractivity contribution in [1.29, 1.82) is 0 Å². The van der Waals surface area contributed by atoms with Gasteiger partial charge in [-0.25, -0.2) is 4.79 Å². The van der Waals surface area contributed by atoms with E-state index in [0.717, 1.165) is 19.3 Å². The van der Waals surface area contributed by atoms with E-state index >= 15 is 0 Å². The molecule has 3 atom stereocenters. The molecule has 8 nitrogen and oxygen atoms in total. The third-order valence-electron chi connectivity index (χ3n) is 5.58. The molecule has 0 radical (unpaired) electrons. The average molecular weight is 492 g/mol. The Balaban J connectivity index is 3.41. The number of unbranched alkanes of at least 4 members (excludes halogenated alkanes) is 1. The molecule has 3 N–H and O–H groups in total. The molecule has 0 bridgehead atoms. The molecule has 0 saturated carbocycles. The fourth-order valence-electron chi connectivity index (χ4n) is 3.70. The maximum Gasteiger partial charge on any atom is 0.408 e. The van der Waals surface area contributed by atoms with Crippen molar-refractivity contribution in [3.63, 3.8) is 0 Å². The van der Waals surface area contributed by atoms with Gasteiger partial charge in [-0.05, 0) is 65.9 Å². The number of nitrogens with one attached hydrogen (secondary N) is 2. The van der Waals surface area contributed by atoms with Gasteiger partial charge < -0.3 is 25.4 Å². The predicted molar refractivity (Wildman–Crippen MR) is 138 cm³/mol. The maximum absolute atomic E-state index is 13.8. The van der Waals surface area contributed by atoms with E-state index in [4.69, 9.17) is 4.74 Å². The lowest BCUT2D eigenvalue weighted by molar-refractivity contribution is -0.145. The van der Waals surface area contributed by atoms with Gasteiger partial charge in [-0.15, -0.1) is 0 Å². The van der Waals surface area contributed by atoms with Gasteiger partial charge in [0.1, 0.15) is 23.4 Å². The summed E-state index contributed by atoms with van der Waals surface area (Å²) in [6.45, 7) is 15.4. The molecule has 1 rings (SSSR count). The van der Waals surface area contributed by atoms with E-state index in [1.807, 2.05) is 13.8 Å². The second-order valence-electron chi connectivity index (χ2n) is 10.5. The number of carbonyl (C=O) groups excluding carboxylic acids is 3. The molecule has 3 unspecified atom stereocenters. The first-order valence-corrected chi connectivity index (χ1v) is 12.7. The van der Waals surface area contributed by atoms with Crippen LogP contribution in [0.1, 0.15) is 92.7 Å². The fourth-order valence-corrected chi connectivity index (χ4v) is 3.70. The highest BCUT2D eigenvalue weighted by molar-refractivity contribution is 5.92. The Morgan fingerprint density at radius 1 is 1.06 bits per heavy atom. The van der Waals surface area contributed by atoms with Crippen molar-refractivity contribution < 1.29 is 24.2 Å². The smallest absolute Gasteiger partial charge is 0.408 e. The lowest BCUT2D eigenvalue weighted by Crippen LogP contribution is -2.54. The van der Waals surface area contributed by atoms with Gasteiger partial charge in [-0.1, -0.05) is 45.4 Å². The quantitative estimate of drug-likeness (QED) is 0.360. The third-order valence-corrected chi connectivity index (χ3v) is 5.58. The summed E-state index contributed by atoms with van der Waals surface area (Å²) in [6.07, 6.45) is 2.51. The van der Waals surface area contributed by atoms with Crippen LogP contribution < -0.4 is 10.6 Å². The molecular formula is C27H45N3O5. The van der Waals surface area contributed by atoms with Crippen LogP contribution in [0.3, 0.4) is 0 Å². The molecule has 35 heavy (non-hydrogen) atoms. The molecule has 198 valence electrons. The van der Waals surface area contributed by atoms with Crippen molar-refractivity contribution in [2.75, 3.05) is 6.54 Å². The van der Waals surface area contributed by atoms with Crippen molar-refractivity contribution in [1.82, 2.24) is 15.5 Å². The van der Waals surface area contributed by atoms with Gasteiger partial charge in [-0.3, -0.25) is 9.59 Å². The van der Waals surface area contributed by atoms with Gasteiger partial charge >= 0.3 is 6.09 Å². The summed E-state index contributed by atoms with van der Waals surface area (Å²) in [4.78, 5) is 41.1. The van der Waals surface area contributed by atoms with Gasteiger partial charge in [0.25, 0.3) is 0 Å². The lowest BCUT2D eigenvalue weighted by atomic mass is 9.96. The second kappa shape index (κ2) is 14.0. The van der Waals surface area contributed by atoms with E-state index in [0.29, 0.717) is 24.4 Å². The van der Waals surface area contributed by atoms with Gasteiger partial charge in [0.05, 0.1) is 0 Å². The number of hydrogen-bond donors (Lipinski definition) is 3. The summed E-state index contributed by atoms with van der Waals surface area (Å²) in [7, 11) is 0. The number of carbonyl (C=O) groups is 3. The normalized spacial score (nSPS) is 14.1. The molecule has 1 aromatic carbocycles. The minimum Gasteiger partial charge on any atom is -0.508 e. The van der Waals surface area contributed by atoms with Crippen LogP contribution in [-0.2, 0) is 14.3 Å². The molecule has 0 aromatic heterocycles. The van der Waals surface area contributed by atoms with Gasteiger partial charge in [0.2, 0.25) is 11.8 Å². The molecule has 0 spiro atoms. The van der Waals surface area contributed by atoms with E-state index < -0.39 is 29.7 Å². The molecule has 3 amide bonds. The number of rotatable bonds is 12.